The fraction of sp³-hybridized carbons (Fsp3) is 0.286. The highest BCUT2D eigenvalue weighted by Crippen LogP contribution is 2.22. The quantitative estimate of drug-likeness (QED) is 0.896. The van der Waals surface area contributed by atoms with Crippen LogP contribution in [0.5, 0.6) is 0 Å². The molecule has 0 unspecified atom stereocenters. The Bertz CT molecular complexity index is 538. The Morgan fingerprint density at radius 3 is 2.83 bits per heavy atom. The fourth-order valence-corrected chi connectivity index (χ4v) is 1.84. The number of hydrogen-bond acceptors (Lipinski definition) is 3. The molecule has 0 spiro atoms. The predicted molar refractivity (Wildman–Crippen MR) is 67.3 cm³/mol. The van der Waals surface area contributed by atoms with Gasteiger partial charge in [0.25, 0.3) is 0 Å². The standard InChI is InChI=1S/C14H14FN3/c15-13-7-10(14-9-16-5-6-17-14)1-2-11(13)8-18-12-3-4-12/h1-2,5-7,9,12,18H,3-4,8H2. The van der Waals surface area contributed by atoms with E-state index < -0.39 is 0 Å². The molecule has 1 fully saturated rings. The lowest BCUT2D eigenvalue weighted by Gasteiger charge is -2.06. The maximum absolute atomic E-state index is 13.9. The van der Waals surface area contributed by atoms with Crippen LogP contribution in [0.2, 0.25) is 0 Å². The molecule has 0 aliphatic heterocycles. The van der Waals surface area contributed by atoms with Gasteiger partial charge in [-0.1, -0.05) is 12.1 Å². The highest BCUT2D eigenvalue weighted by Gasteiger charge is 2.20. The Morgan fingerprint density at radius 1 is 1.28 bits per heavy atom. The lowest BCUT2D eigenvalue weighted by Crippen LogP contribution is -2.16. The van der Waals surface area contributed by atoms with Crippen molar-refractivity contribution in [3.8, 4) is 11.3 Å². The summed E-state index contributed by atoms with van der Waals surface area (Å²) in [7, 11) is 0. The third-order valence-electron chi connectivity index (χ3n) is 3.07. The highest BCUT2D eigenvalue weighted by atomic mass is 19.1. The van der Waals surface area contributed by atoms with Crippen LogP contribution >= 0.6 is 0 Å². The lowest BCUT2D eigenvalue weighted by molar-refractivity contribution is 0.587. The van der Waals surface area contributed by atoms with Crippen molar-refractivity contribution in [3.05, 3.63) is 48.2 Å². The molecule has 1 aliphatic carbocycles. The summed E-state index contributed by atoms with van der Waals surface area (Å²) in [5.74, 6) is -0.189. The van der Waals surface area contributed by atoms with Crippen LogP contribution in [0.25, 0.3) is 11.3 Å². The predicted octanol–water partition coefficient (Wildman–Crippen LogP) is 2.53. The van der Waals surface area contributed by atoms with E-state index in [-0.39, 0.29) is 5.82 Å². The first-order valence-electron chi connectivity index (χ1n) is 6.11. The molecule has 1 aromatic carbocycles. The van der Waals surface area contributed by atoms with Crippen LogP contribution in [0.1, 0.15) is 18.4 Å². The summed E-state index contributed by atoms with van der Waals surface area (Å²) in [6, 6.07) is 5.81. The van der Waals surface area contributed by atoms with Crippen molar-refractivity contribution in [1.82, 2.24) is 15.3 Å². The zero-order chi connectivity index (χ0) is 12.4. The van der Waals surface area contributed by atoms with Crippen LogP contribution in [0.4, 0.5) is 4.39 Å². The van der Waals surface area contributed by atoms with Gasteiger partial charge in [-0.15, -0.1) is 0 Å². The third kappa shape index (κ3) is 2.54. The molecule has 0 amide bonds. The molecule has 0 atom stereocenters. The molecular formula is C14H14FN3. The van der Waals surface area contributed by atoms with Crippen molar-refractivity contribution < 1.29 is 4.39 Å². The van der Waals surface area contributed by atoms with E-state index in [1.54, 1.807) is 18.6 Å². The minimum absolute atomic E-state index is 0.189. The van der Waals surface area contributed by atoms with Crippen LogP contribution in [-0.4, -0.2) is 16.0 Å². The number of rotatable bonds is 4. The monoisotopic (exact) mass is 243 g/mol. The van der Waals surface area contributed by atoms with E-state index >= 15 is 0 Å². The second-order valence-electron chi connectivity index (χ2n) is 4.55. The van der Waals surface area contributed by atoms with Crippen LogP contribution in [-0.2, 0) is 6.54 Å². The second-order valence-corrected chi connectivity index (χ2v) is 4.55. The van der Waals surface area contributed by atoms with Gasteiger partial charge in [0.15, 0.2) is 0 Å². The smallest absolute Gasteiger partial charge is 0.128 e. The largest absolute Gasteiger partial charge is 0.310 e. The van der Waals surface area contributed by atoms with Gasteiger partial charge >= 0.3 is 0 Å². The van der Waals surface area contributed by atoms with E-state index in [1.807, 2.05) is 12.1 Å². The van der Waals surface area contributed by atoms with Crippen LogP contribution in [0, 0.1) is 5.82 Å². The first kappa shape index (κ1) is 11.3. The van der Waals surface area contributed by atoms with E-state index in [0.717, 1.165) is 5.56 Å². The molecule has 3 rings (SSSR count). The summed E-state index contributed by atoms with van der Waals surface area (Å²) in [6.07, 6.45) is 7.26. The molecule has 1 N–H and O–H groups in total. The number of benzene rings is 1. The molecule has 1 aliphatic rings. The van der Waals surface area contributed by atoms with Crippen molar-refractivity contribution in [3.63, 3.8) is 0 Å². The topological polar surface area (TPSA) is 37.8 Å². The zero-order valence-corrected chi connectivity index (χ0v) is 9.94. The van der Waals surface area contributed by atoms with Gasteiger partial charge in [-0.3, -0.25) is 9.97 Å². The number of halogens is 1. The Balaban J connectivity index is 1.79. The minimum atomic E-state index is -0.189. The molecule has 92 valence electrons. The van der Waals surface area contributed by atoms with E-state index in [0.29, 0.717) is 23.8 Å². The summed E-state index contributed by atoms with van der Waals surface area (Å²) >= 11 is 0. The molecule has 0 bridgehead atoms. The Hall–Kier alpha value is -1.81. The van der Waals surface area contributed by atoms with Crippen molar-refractivity contribution in [2.24, 2.45) is 0 Å². The van der Waals surface area contributed by atoms with Crippen molar-refractivity contribution in [2.45, 2.75) is 25.4 Å². The molecule has 1 saturated carbocycles. The van der Waals surface area contributed by atoms with Gasteiger partial charge in [0.05, 0.1) is 11.9 Å². The van der Waals surface area contributed by atoms with Gasteiger partial charge in [-0.2, -0.15) is 0 Å². The number of aromatic nitrogens is 2. The van der Waals surface area contributed by atoms with Gasteiger partial charge in [-0.25, -0.2) is 4.39 Å². The molecule has 1 aromatic heterocycles. The van der Waals surface area contributed by atoms with E-state index in [4.69, 9.17) is 0 Å². The van der Waals surface area contributed by atoms with Gasteiger partial charge in [0.1, 0.15) is 5.82 Å². The van der Waals surface area contributed by atoms with E-state index in [2.05, 4.69) is 15.3 Å². The number of nitrogens with zero attached hydrogens (tertiary/aromatic N) is 2. The van der Waals surface area contributed by atoms with E-state index in [9.17, 15) is 4.39 Å². The minimum Gasteiger partial charge on any atom is -0.310 e. The highest BCUT2D eigenvalue weighted by molar-refractivity contribution is 5.58. The molecule has 2 aromatic rings. The molecule has 18 heavy (non-hydrogen) atoms. The van der Waals surface area contributed by atoms with Crippen molar-refractivity contribution in [1.29, 1.82) is 0 Å². The lowest BCUT2D eigenvalue weighted by atomic mass is 10.1. The molecule has 4 heteroatoms. The summed E-state index contributed by atoms with van der Waals surface area (Å²) in [5.41, 5.74) is 2.16. The van der Waals surface area contributed by atoms with Crippen LogP contribution in [0.15, 0.2) is 36.8 Å². The number of nitrogens with one attached hydrogen (secondary N) is 1. The Labute approximate surface area is 105 Å². The zero-order valence-electron chi connectivity index (χ0n) is 9.94. The molecule has 0 saturated heterocycles. The summed E-state index contributed by atoms with van der Waals surface area (Å²) < 4.78 is 13.9. The van der Waals surface area contributed by atoms with Gasteiger partial charge < -0.3 is 5.32 Å². The van der Waals surface area contributed by atoms with Gasteiger partial charge in [-0.05, 0) is 18.9 Å². The summed E-state index contributed by atoms with van der Waals surface area (Å²) in [4.78, 5) is 8.14. The van der Waals surface area contributed by atoms with E-state index in [1.165, 1.54) is 18.9 Å². The summed E-state index contributed by atoms with van der Waals surface area (Å²) in [5, 5.41) is 3.30. The SMILES string of the molecule is Fc1cc(-c2cnccn2)ccc1CNC1CC1. The summed E-state index contributed by atoms with van der Waals surface area (Å²) in [6.45, 7) is 0.594. The van der Waals surface area contributed by atoms with Crippen molar-refractivity contribution in [2.75, 3.05) is 0 Å². The average molecular weight is 243 g/mol. The first-order valence-corrected chi connectivity index (χ1v) is 6.11. The molecule has 0 radical (unpaired) electrons. The average Bonchev–Trinajstić information content (AvgIpc) is 3.22. The maximum atomic E-state index is 13.9. The maximum Gasteiger partial charge on any atom is 0.128 e. The molecular weight excluding hydrogens is 229 g/mol. The fourth-order valence-electron chi connectivity index (χ4n) is 1.84. The third-order valence-corrected chi connectivity index (χ3v) is 3.07. The number of hydrogen-bond donors (Lipinski definition) is 1. The van der Waals surface area contributed by atoms with Gasteiger partial charge in [0.2, 0.25) is 0 Å². The molecule has 3 nitrogen and oxygen atoms in total. The second kappa shape index (κ2) is 4.82. The van der Waals surface area contributed by atoms with Crippen molar-refractivity contribution >= 4 is 0 Å². The Kier molecular flexibility index (Phi) is 3.02. The molecule has 1 heterocycles. The van der Waals surface area contributed by atoms with Crippen LogP contribution < -0.4 is 5.32 Å². The Morgan fingerprint density at radius 2 is 2.17 bits per heavy atom. The van der Waals surface area contributed by atoms with Crippen LogP contribution in [0.3, 0.4) is 0 Å². The van der Waals surface area contributed by atoms with Gasteiger partial charge in [0, 0.05) is 36.1 Å². The first-order chi connectivity index (χ1) is 8.83. The normalized spacial score (nSPS) is 14.7.